The molecule has 1 N–H and O–H groups in total. The van der Waals surface area contributed by atoms with E-state index in [-0.39, 0.29) is 35.2 Å². The van der Waals surface area contributed by atoms with Gasteiger partial charge in [-0.1, -0.05) is 74.9 Å². The molecule has 6 nitrogen and oxygen atoms in total. The fourth-order valence-corrected chi connectivity index (χ4v) is 4.99. The fraction of sp³-hybridized carbons (Fsp3) is 0.324. The highest BCUT2D eigenvalue weighted by Gasteiger charge is 2.47. The molecular formula is C34H37NO5. The SMILES string of the molecule is Cc1cccc(C2/C(=C(\O)c3cc(C(C)(C)C)ccc3C)C(=O)C(=O)N2c2ccc(CC(=O)OC(C)C)cc2)c1. The van der Waals surface area contributed by atoms with E-state index in [0.717, 1.165) is 27.8 Å². The minimum absolute atomic E-state index is 0.0503. The van der Waals surface area contributed by atoms with Crippen molar-refractivity contribution in [2.75, 3.05) is 4.90 Å². The Hall–Kier alpha value is -4.19. The molecule has 208 valence electrons. The molecule has 3 aromatic carbocycles. The second-order valence-corrected chi connectivity index (χ2v) is 11.7. The van der Waals surface area contributed by atoms with Crippen LogP contribution in [0.25, 0.3) is 5.76 Å². The van der Waals surface area contributed by atoms with Crippen LogP contribution in [0.1, 0.15) is 74.0 Å². The summed E-state index contributed by atoms with van der Waals surface area (Å²) in [5.74, 6) is -1.99. The number of carbonyl (C=O) groups excluding carboxylic acids is 3. The van der Waals surface area contributed by atoms with E-state index in [1.165, 1.54) is 4.90 Å². The quantitative estimate of drug-likeness (QED) is 0.163. The third kappa shape index (κ3) is 5.86. The van der Waals surface area contributed by atoms with Gasteiger partial charge in [-0.25, -0.2) is 0 Å². The largest absolute Gasteiger partial charge is 0.507 e. The summed E-state index contributed by atoms with van der Waals surface area (Å²) >= 11 is 0. The molecule has 1 unspecified atom stereocenters. The molecule has 4 rings (SSSR count). The molecule has 0 aliphatic carbocycles. The summed E-state index contributed by atoms with van der Waals surface area (Å²) in [5.41, 5.74) is 5.12. The standard InChI is InChI=1S/C34H37NO5/c1-20(2)40-28(36)18-23-12-15-26(16-13-23)35-30(24-10-8-9-21(3)17-24)29(32(38)33(35)39)31(37)27-19-25(34(5,6)7)14-11-22(27)4/h8-17,19-20,30,37H,18H2,1-7H3/b31-29+. The highest BCUT2D eigenvalue weighted by molar-refractivity contribution is 6.51. The van der Waals surface area contributed by atoms with Gasteiger partial charge in [0.15, 0.2) is 0 Å². The Labute approximate surface area is 236 Å². The Kier molecular flexibility index (Phi) is 8.01. The Morgan fingerprint density at radius 1 is 0.975 bits per heavy atom. The predicted octanol–water partition coefficient (Wildman–Crippen LogP) is 6.72. The minimum Gasteiger partial charge on any atom is -0.507 e. The van der Waals surface area contributed by atoms with Crippen molar-refractivity contribution in [2.45, 2.75) is 72.4 Å². The van der Waals surface area contributed by atoms with Gasteiger partial charge < -0.3 is 9.84 Å². The monoisotopic (exact) mass is 539 g/mol. The van der Waals surface area contributed by atoms with E-state index in [0.29, 0.717) is 11.3 Å². The minimum atomic E-state index is -0.825. The topological polar surface area (TPSA) is 83.9 Å². The first kappa shape index (κ1) is 28.8. The van der Waals surface area contributed by atoms with E-state index < -0.39 is 17.7 Å². The molecule has 0 spiro atoms. The third-order valence-corrected chi connectivity index (χ3v) is 7.09. The number of benzene rings is 3. The number of hydrogen-bond acceptors (Lipinski definition) is 5. The van der Waals surface area contributed by atoms with Gasteiger partial charge in [-0.15, -0.1) is 0 Å². The average Bonchev–Trinajstić information content (AvgIpc) is 3.13. The van der Waals surface area contributed by atoms with Crippen LogP contribution < -0.4 is 4.90 Å². The first-order valence-electron chi connectivity index (χ1n) is 13.6. The van der Waals surface area contributed by atoms with Gasteiger partial charge >= 0.3 is 5.97 Å². The number of esters is 1. The molecule has 1 saturated heterocycles. The number of aryl methyl sites for hydroxylation is 2. The van der Waals surface area contributed by atoms with Crippen LogP contribution in [0.2, 0.25) is 0 Å². The van der Waals surface area contributed by atoms with Crippen molar-refractivity contribution in [2.24, 2.45) is 0 Å². The molecule has 0 bridgehead atoms. The first-order valence-corrected chi connectivity index (χ1v) is 13.6. The van der Waals surface area contributed by atoms with Crippen molar-refractivity contribution < 1.29 is 24.2 Å². The number of rotatable bonds is 6. The van der Waals surface area contributed by atoms with Crippen molar-refractivity contribution in [3.63, 3.8) is 0 Å². The first-order chi connectivity index (χ1) is 18.8. The molecule has 3 aromatic rings. The normalized spacial score (nSPS) is 17.0. The smallest absolute Gasteiger partial charge is 0.310 e. The average molecular weight is 540 g/mol. The lowest BCUT2D eigenvalue weighted by molar-refractivity contribution is -0.146. The van der Waals surface area contributed by atoms with Crippen LogP contribution in [0, 0.1) is 13.8 Å². The number of carbonyl (C=O) groups is 3. The maximum absolute atomic E-state index is 13.6. The van der Waals surface area contributed by atoms with Gasteiger partial charge in [0.1, 0.15) is 5.76 Å². The summed E-state index contributed by atoms with van der Waals surface area (Å²) in [6, 6.07) is 19.6. The number of Topliss-reactive ketones (excluding diaryl/α,β-unsaturated/α-hetero) is 1. The van der Waals surface area contributed by atoms with Gasteiger partial charge in [0, 0.05) is 11.3 Å². The number of amides is 1. The second kappa shape index (κ2) is 11.1. The van der Waals surface area contributed by atoms with E-state index in [9.17, 15) is 19.5 Å². The van der Waals surface area contributed by atoms with Crippen LogP contribution >= 0.6 is 0 Å². The summed E-state index contributed by atoms with van der Waals surface area (Å²) in [6.07, 6.45) is -0.108. The molecule has 1 atom stereocenters. The fourth-order valence-electron chi connectivity index (χ4n) is 4.99. The number of ether oxygens (including phenoxy) is 1. The Morgan fingerprint density at radius 3 is 2.25 bits per heavy atom. The van der Waals surface area contributed by atoms with Gasteiger partial charge in [0.2, 0.25) is 0 Å². The molecule has 1 amide bonds. The molecule has 40 heavy (non-hydrogen) atoms. The van der Waals surface area contributed by atoms with E-state index in [1.807, 2.05) is 56.3 Å². The third-order valence-electron chi connectivity index (χ3n) is 7.09. The van der Waals surface area contributed by atoms with Crippen molar-refractivity contribution in [1.82, 2.24) is 0 Å². The van der Waals surface area contributed by atoms with Gasteiger partial charge in [-0.05, 0) is 73.6 Å². The lowest BCUT2D eigenvalue weighted by Gasteiger charge is -2.26. The molecule has 1 heterocycles. The zero-order valence-corrected chi connectivity index (χ0v) is 24.2. The summed E-state index contributed by atoms with van der Waals surface area (Å²) in [5, 5.41) is 11.7. The molecule has 6 heteroatoms. The van der Waals surface area contributed by atoms with Gasteiger partial charge in [-0.2, -0.15) is 0 Å². The highest BCUT2D eigenvalue weighted by atomic mass is 16.5. The van der Waals surface area contributed by atoms with Crippen LogP contribution in [0.3, 0.4) is 0 Å². The maximum Gasteiger partial charge on any atom is 0.310 e. The van der Waals surface area contributed by atoms with Crippen LogP contribution in [-0.4, -0.2) is 28.9 Å². The number of aliphatic hydroxyl groups excluding tert-OH is 1. The maximum atomic E-state index is 13.6. The zero-order valence-electron chi connectivity index (χ0n) is 24.2. The van der Waals surface area contributed by atoms with Gasteiger partial charge in [0.25, 0.3) is 11.7 Å². The lowest BCUT2D eigenvalue weighted by Crippen LogP contribution is -2.29. The van der Waals surface area contributed by atoms with Crippen molar-refractivity contribution >= 4 is 29.1 Å². The van der Waals surface area contributed by atoms with E-state index >= 15 is 0 Å². The van der Waals surface area contributed by atoms with Crippen LogP contribution in [0.5, 0.6) is 0 Å². The molecule has 0 radical (unpaired) electrons. The van der Waals surface area contributed by atoms with Crippen molar-refractivity contribution in [1.29, 1.82) is 0 Å². The van der Waals surface area contributed by atoms with Crippen LogP contribution in [0.4, 0.5) is 5.69 Å². The van der Waals surface area contributed by atoms with Crippen molar-refractivity contribution in [3.8, 4) is 0 Å². The predicted molar refractivity (Wildman–Crippen MR) is 157 cm³/mol. The molecule has 0 aromatic heterocycles. The number of hydrogen-bond donors (Lipinski definition) is 1. The Bertz CT molecular complexity index is 1490. The van der Waals surface area contributed by atoms with E-state index in [4.69, 9.17) is 4.74 Å². The van der Waals surface area contributed by atoms with E-state index in [1.54, 1.807) is 38.1 Å². The molecule has 1 fully saturated rings. The molecule has 0 saturated carbocycles. The van der Waals surface area contributed by atoms with Crippen LogP contribution in [-0.2, 0) is 31.0 Å². The number of anilines is 1. The van der Waals surface area contributed by atoms with Gasteiger partial charge in [-0.3, -0.25) is 19.3 Å². The molecular weight excluding hydrogens is 502 g/mol. The Morgan fingerprint density at radius 2 is 1.65 bits per heavy atom. The molecule has 1 aliphatic heterocycles. The summed E-state index contributed by atoms with van der Waals surface area (Å²) in [7, 11) is 0. The van der Waals surface area contributed by atoms with Gasteiger partial charge in [0.05, 0.1) is 24.1 Å². The number of ketones is 1. The highest BCUT2D eigenvalue weighted by Crippen LogP contribution is 2.43. The lowest BCUT2D eigenvalue weighted by atomic mass is 9.84. The second-order valence-electron chi connectivity index (χ2n) is 11.7. The summed E-state index contributed by atoms with van der Waals surface area (Å²) < 4.78 is 5.24. The zero-order chi connectivity index (χ0) is 29.4. The summed E-state index contributed by atoms with van der Waals surface area (Å²) in [4.78, 5) is 40.7. The number of aliphatic hydroxyl groups is 1. The van der Waals surface area contributed by atoms with Crippen molar-refractivity contribution in [3.05, 3.63) is 106 Å². The number of nitrogens with zero attached hydrogens (tertiary/aromatic N) is 1. The molecule has 1 aliphatic rings. The Balaban J connectivity index is 1.84. The summed E-state index contributed by atoms with van der Waals surface area (Å²) in [6.45, 7) is 13.7. The van der Waals surface area contributed by atoms with E-state index in [2.05, 4.69) is 20.8 Å². The van der Waals surface area contributed by atoms with Crippen LogP contribution in [0.15, 0.2) is 72.3 Å².